The van der Waals surface area contributed by atoms with Gasteiger partial charge in [0.15, 0.2) is 6.10 Å². The molecule has 1 aliphatic heterocycles. The van der Waals surface area contributed by atoms with Gasteiger partial charge in [-0.3, -0.25) is 15.0 Å². The predicted molar refractivity (Wildman–Crippen MR) is 129 cm³/mol. The number of carbonyl (C=O) groups excluding carboxylic acids is 2. The van der Waals surface area contributed by atoms with Gasteiger partial charge in [0, 0.05) is 30.1 Å². The van der Waals surface area contributed by atoms with E-state index in [9.17, 15) is 24.6 Å². The smallest absolute Gasteiger partial charge is 0.332 e. The zero-order valence-electron chi connectivity index (χ0n) is 19.0. The van der Waals surface area contributed by atoms with Gasteiger partial charge in [-0.1, -0.05) is 48.0 Å². The van der Waals surface area contributed by atoms with Crippen molar-refractivity contribution >= 4 is 29.4 Å². The molecule has 0 saturated carbocycles. The molecule has 0 radical (unpaired) electrons. The van der Waals surface area contributed by atoms with Crippen molar-refractivity contribution in [2.24, 2.45) is 0 Å². The Labute approximate surface area is 207 Å². The highest BCUT2D eigenvalue weighted by Gasteiger charge is 2.27. The highest BCUT2D eigenvalue weighted by molar-refractivity contribution is 6.35. The van der Waals surface area contributed by atoms with E-state index in [-0.39, 0.29) is 25.5 Å². The second-order valence-electron chi connectivity index (χ2n) is 8.41. The molecule has 0 spiro atoms. The average molecular weight is 505 g/mol. The van der Waals surface area contributed by atoms with Crippen LogP contribution in [0.15, 0.2) is 48.5 Å². The van der Waals surface area contributed by atoms with Crippen LogP contribution in [0.5, 0.6) is 0 Å². The number of aliphatic hydroxyl groups is 2. The van der Waals surface area contributed by atoms with Crippen LogP contribution in [0.1, 0.15) is 24.8 Å². The first-order chi connectivity index (χ1) is 16.8. The fourth-order valence-corrected chi connectivity index (χ4v) is 4.14. The first-order valence-corrected chi connectivity index (χ1v) is 11.6. The van der Waals surface area contributed by atoms with Crippen LogP contribution >= 0.6 is 11.6 Å². The molecule has 1 aliphatic rings. The molecule has 1 saturated heterocycles. The highest BCUT2D eigenvalue weighted by atomic mass is 35.5. The van der Waals surface area contributed by atoms with Gasteiger partial charge in [0.2, 0.25) is 0 Å². The van der Waals surface area contributed by atoms with E-state index in [1.807, 2.05) is 42.5 Å². The number of benzene rings is 2. The molecule has 3 rings (SSSR count). The zero-order valence-corrected chi connectivity index (χ0v) is 19.7. The van der Waals surface area contributed by atoms with E-state index in [0.29, 0.717) is 11.6 Å². The lowest BCUT2D eigenvalue weighted by Crippen LogP contribution is -2.56. The van der Waals surface area contributed by atoms with Gasteiger partial charge in [-0.25, -0.2) is 9.80 Å². The SMILES string of the molecule is O=C(NNN1CCC[C@H]1CO)C(=O)N[C@H](Cc1ccc(-c2cccc(Cl)c2)cc1)C[C@@H](O)C(=O)O. The van der Waals surface area contributed by atoms with Crippen LogP contribution in [-0.2, 0) is 20.8 Å². The fraction of sp³-hybridized carbons (Fsp3) is 0.375. The topological polar surface area (TPSA) is 151 Å². The van der Waals surface area contributed by atoms with Gasteiger partial charge in [-0.15, -0.1) is 0 Å². The number of hydrazine groups is 2. The van der Waals surface area contributed by atoms with E-state index in [1.165, 1.54) is 0 Å². The van der Waals surface area contributed by atoms with Crippen LogP contribution in [0.3, 0.4) is 0 Å². The number of nitrogens with one attached hydrogen (secondary N) is 3. The van der Waals surface area contributed by atoms with Crippen LogP contribution in [0.25, 0.3) is 11.1 Å². The van der Waals surface area contributed by atoms with Crippen molar-refractivity contribution in [3.8, 4) is 11.1 Å². The van der Waals surface area contributed by atoms with E-state index in [0.717, 1.165) is 29.5 Å². The number of carboxylic acids is 1. The molecule has 0 unspecified atom stereocenters. The van der Waals surface area contributed by atoms with Gasteiger partial charge in [-0.05, 0) is 48.1 Å². The molecule has 35 heavy (non-hydrogen) atoms. The van der Waals surface area contributed by atoms with E-state index in [4.69, 9.17) is 16.7 Å². The highest BCUT2D eigenvalue weighted by Crippen LogP contribution is 2.23. The minimum Gasteiger partial charge on any atom is -0.479 e. The molecule has 2 amide bonds. The summed E-state index contributed by atoms with van der Waals surface area (Å²) in [7, 11) is 0. The van der Waals surface area contributed by atoms with Crippen molar-refractivity contribution in [3.63, 3.8) is 0 Å². The molecule has 11 heteroatoms. The molecule has 6 N–H and O–H groups in total. The van der Waals surface area contributed by atoms with Crippen LogP contribution in [0.2, 0.25) is 5.02 Å². The summed E-state index contributed by atoms with van der Waals surface area (Å²) in [4.78, 5) is 35.9. The van der Waals surface area contributed by atoms with E-state index in [1.54, 1.807) is 11.1 Å². The number of carbonyl (C=O) groups is 3. The second kappa shape index (κ2) is 12.6. The summed E-state index contributed by atoms with van der Waals surface area (Å²) in [5.41, 5.74) is 7.56. The van der Waals surface area contributed by atoms with Crippen molar-refractivity contribution in [1.29, 1.82) is 0 Å². The maximum Gasteiger partial charge on any atom is 0.332 e. The predicted octanol–water partition coefficient (Wildman–Crippen LogP) is 0.862. The van der Waals surface area contributed by atoms with E-state index in [2.05, 4.69) is 16.3 Å². The van der Waals surface area contributed by atoms with Gasteiger partial charge < -0.3 is 20.6 Å². The number of carboxylic acid groups (broad SMARTS) is 1. The maximum absolute atomic E-state index is 12.4. The van der Waals surface area contributed by atoms with Crippen molar-refractivity contribution < 1.29 is 29.7 Å². The molecule has 3 atom stereocenters. The third kappa shape index (κ3) is 7.74. The van der Waals surface area contributed by atoms with Crippen molar-refractivity contribution in [2.75, 3.05) is 13.2 Å². The summed E-state index contributed by atoms with van der Waals surface area (Å²) in [5, 5.41) is 33.0. The van der Waals surface area contributed by atoms with Crippen LogP contribution in [0, 0.1) is 0 Å². The zero-order chi connectivity index (χ0) is 25.4. The van der Waals surface area contributed by atoms with E-state index >= 15 is 0 Å². The monoisotopic (exact) mass is 504 g/mol. The minimum absolute atomic E-state index is 0.0830. The Kier molecular flexibility index (Phi) is 9.58. The first-order valence-electron chi connectivity index (χ1n) is 11.3. The number of hydrogen-bond acceptors (Lipinski definition) is 7. The molecule has 2 aromatic rings. The molecule has 0 aromatic heterocycles. The summed E-state index contributed by atoms with van der Waals surface area (Å²) in [6.07, 6.45) is -0.188. The second-order valence-corrected chi connectivity index (χ2v) is 8.85. The third-order valence-electron chi connectivity index (χ3n) is 5.83. The van der Waals surface area contributed by atoms with Gasteiger partial charge >= 0.3 is 17.8 Å². The molecule has 10 nitrogen and oxygen atoms in total. The summed E-state index contributed by atoms with van der Waals surface area (Å²) < 4.78 is 0. The Morgan fingerprint density at radius 1 is 1.09 bits per heavy atom. The molecule has 2 aromatic carbocycles. The molecule has 0 aliphatic carbocycles. The molecule has 1 heterocycles. The Bertz CT molecular complexity index is 1030. The fourth-order valence-electron chi connectivity index (χ4n) is 3.95. The summed E-state index contributed by atoms with van der Waals surface area (Å²) in [6.45, 7) is 0.520. The van der Waals surface area contributed by atoms with Gasteiger partial charge in [0.05, 0.1) is 6.61 Å². The lowest BCUT2D eigenvalue weighted by Gasteiger charge is -2.24. The maximum atomic E-state index is 12.4. The Hall–Kier alpha value is -3.02. The number of aliphatic hydroxyl groups excluding tert-OH is 2. The quantitative estimate of drug-likeness (QED) is 0.206. The van der Waals surface area contributed by atoms with Crippen LogP contribution < -0.4 is 16.3 Å². The summed E-state index contributed by atoms with van der Waals surface area (Å²) in [5.74, 6) is -3.37. The standard InChI is InChI=1S/C24H29ClN4O6/c25-18-4-1-3-17(12-18)16-8-6-15(7-9-16)11-19(13-21(31)24(34)35)26-22(32)23(33)27-28-29-10-2-5-20(29)14-30/h1,3-4,6-9,12,19-21,28,30-31H,2,5,10-11,13-14H2,(H,26,32)(H,27,33)(H,34,35)/t19-,20+,21-/m1/s1. The number of amides is 2. The van der Waals surface area contributed by atoms with Gasteiger partial charge in [0.1, 0.15) is 0 Å². The van der Waals surface area contributed by atoms with Crippen molar-refractivity contribution in [2.45, 2.75) is 43.9 Å². The molecule has 188 valence electrons. The first kappa shape index (κ1) is 26.6. The lowest BCUT2D eigenvalue weighted by molar-refractivity contribution is -0.147. The van der Waals surface area contributed by atoms with Crippen LogP contribution in [0.4, 0.5) is 0 Å². The normalized spacial score (nSPS) is 17.5. The Morgan fingerprint density at radius 3 is 2.49 bits per heavy atom. The summed E-state index contributed by atoms with van der Waals surface area (Å²) >= 11 is 6.05. The molecule has 1 fully saturated rings. The third-order valence-corrected chi connectivity index (χ3v) is 6.06. The number of rotatable bonds is 10. The van der Waals surface area contributed by atoms with Gasteiger partial charge in [-0.2, -0.15) is 5.53 Å². The number of aliphatic carboxylic acids is 1. The average Bonchev–Trinajstić information content (AvgIpc) is 3.30. The minimum atomic E-state index is -1.71. The molecular weight excluding hydrogens is 476 g/mol. The Balaban J connectivity index is 1.63. The van der Waals surface area contributed by atoms with Gasteiger partial charge in [0.25, 0.3) is 0 Å². The summed E-state index contributed by atoms with van der Waals surface area (Å²) in [6, 6.07) is 13.8. The van der Waals surface area contributed by atoms with Crippen molar-refractivity contribution in [3.05, 3.63) is 59.1 Å². The number of nitrogens with zero attached hydrogens (tertiary/aromatic N) is 1. The molecule has 0 bridgehead atoms. The lowest BCUT2D eigenvalue weighted by atomic mass is 9.98. The van der Waals surface area contributed by atoms with E-state index < -0.39 is 29.9 Å². The molecular formula is C24H29ClN4O6. The number of halogens is 1. The van der Waals surface area contributed by atoms with Crippen LogP contribution in [-0.4, -0.2) is 69.5 Å². The largest absolute Gasteiger partial charge is 0.479 e. The number of hydrogen-bond donors (Lipinski definition) is 6. The Morgan fingerprint density at radius 2 is 1.83 bits per heavy atom. The van der Waals surface area contributed by atoms with Crippen molar-refractivity contribution in [1.82, 2.24) is 21.3 Å².